The van der Waals surface area contributed by atoms with Crippen LogP contribution >= 0.6 is 0 Å². The SMILES string of the molecule is C/C(=C\Cc1cc(C(=O)O)ccc1O)CC[C@@]1(C)[C@H](C)CCC(=O)[C@@H]1C. The van der Waals surface area contributed by atoms with E-state index in [0.29, 0.717) is 30.1 Å². The third kappa shape index (κ3) is 4.35. The second-order valence-corrected chi connectivity index (χ2v) is 8.04. The average Bonchev–Trinajstić information content (AvgIpc) is 2.61. The van der Waals surface area contributed by atoms with E-state index in [4.69, 9.17) is 5.11 Å². The van der Waals surface area contributed by atoms with Crippen LogP contribution < -0.4 is 0 Å². The largest absolute Gasteiger partial charge is 0.508 e. The molecule has 0 radical (unpaired) electrons. The number of hydrogen-bond acceptors (Lipinski definition) is 3. The number of carbonyl (C=O) groups excluding carboxylic acids is 1. The molecule has 2 N–H and O–H groups in total. The third-order valence-corrected chi connectivity index (χ3v) is 6.48. The number of ketones is 1. The molecule has 0 aromatic heterocycles. The maximum absolute atomic E-state index is 12.1. The van der Waals surface area contributed by atoms with Gasteiger partial charge < -0.3 is 10.2 Å². The smallest absolute Gasteiger partial charge is 0.335 e. The maximum Gasteiger partial charge on any atom is 0.335 e. The summed E-state index contributed by atoms with van der Waals surface area (Å²) in [4.78, 5) is 23.2. The molecule has 142 valence electrons. The van der Waals surface area contributed by atoms with Gasteiger partial charge in [0.15, 0.2) is 0 Å². The summed E-state index contributed by atoms with van der Waals surface area (Å²) < 4.78 is 0. The Morgan fingerprint density at radius 2 is 2.04 bits per heavy atom. The van der Waals surface area contributed by atoms with Crippen LogP contribution in [0.25, 0.3) is 0 Å². The van der Waals surface area contributed by atoms with E-state index in [1.54, 1.807) is 0 Å². The molecule has 4 nitrogen and oxygen atoms in total. The van der Waals surface area contributed by atoms with Gasteiger partial charge in [-0.3, -0.25) is 4.79 Å². The summed E-state index contributed by atoms with van der Waals surface area (Å²) >= 11 is 0. The van der Waals surface area contributed by atoms with E-state index in [1.807, 2.05) is 6.08 Å². The fraction of sp³-hybridized carbons (Fsp3) is 0.545. The van der Waals surface area contributed by atoms with Crippen LogP contribution in [-0.4, -0.2) is 22.0 Å². The fourth-order valence-electron chi connectivity index (χ4n) is 3.90. The van der Waals surface area contributed by atoms with Crippen molar-refractivity contribution in [3.8, 4) is 5.75 Å². The molecule has 0 amide bonds. The standard InChI is InChI=1S/C22H30O4/c1-14(5-7-17-13-18(21(25)26)8-10-20(17)24)11-12-22(4)15(2)6-9-19(23)16(22)3/h5,8,10,13,15-16,24H,6-7,9,11-12H2,1-4H3,(H,25,26)/b14-5+/t15-,16+,22+/m1/s1. The molecule has 0 aliphatic heterocycles. The minimum Gasteiger partial charge on any atom is -0.508 e. The summed E-state index contributed by atoms with van der Waals surface area (Å²) in [5, 5.41) is 19.0. The van der Waals surface area contributed by atoms with Gasteiger partial charge in [-0.05, 0) is 67.7 Å². The van der Waals surface area contributed by atoms with Gasteiger partial charge in [0.1, 0.15) is 11.5 Å². The first-order chi connectivity index (χ1) is 12.1. The molecule has 0 unspecified atom stereocenters. The van der Waals surface area contributed by atoms with Gasteiger partial charge >= 0.3 is 5.97 Å². The number of carboxylic acid groups (broad SMARTS) is 1. The van der Waals surface area contributed by atoms with Crippen LogP contribution in [0.4, 0.5) is 0 Å². The molecule has 1 aromatic carbocycles. The number of rotatable bonds is 6. The van der Waals surface area contributed by atoms with Gasteiger partial charge in [0, 0.05) is 12.3 Å². The van der Waals surface area contributed by atoms with E-state index < -0.39 is 5.97 Å². The van der Waals surface area contributed by atoms with Crippen LogP contribution in [0.2, 0.25) is 0 Å². The fourth-order valence-corrected chi connectivity index (χ4v) is 3.90. The minimum atomic E-state index is -0.996. The topological polar surface area (TPSA) is 74.6 Å². The van der Waals surface area contributed by atoms with E-state index in [2.05, 4.69) is 27.7 Å². The Bertz CT molecular complexity index is 719. The summed E-state index contributed by atoms with van der Waals surface area (Å²) in [5.41, 5.74) is 2.02. The minimum absolute atomic E-state index is 0.0236. The van der Waals surface area contributed by atoms with Gasteiger partial charge in [0.2, 0.25) is 0 Å². The Labute approximate surface area is 155 Å². The molecule has 1 aromatic rings. The Hall–Kier alpha value is -2.10. The maximum atomic E-state index is 12.1. The van der Waals surface area contributed by atoms with Crippen molar-refractivity contribution in [1.82, 2.24) is 0 Å². The van der Waals surface area contributed by atoms with Crippen LogP contribution in [0, 0.1) is 17.3 Å². The van der Waals surface area contributed by atoms with Crippen LogP contribution in [0.3, 0.4) is 0 Å². The average molecular weight is 358 g/mol. The molecular formula is C22H30O4. The second-order valence-electron chi connectivity index (χ2n) is 8.04. The van der Waals surface area contributed by atoms with Crippen molar-refractivity contribution in [2.75, 3.05) is 0 Å². The number of aromatic hydroxyl groups is 1. The number of carboxylic acids is 1. The molecule has 26 heavy (non-hydrogen) atoms. The highest BCUT2D eigenvalue weighted by Crippen LogP contribution is 2.47. The Kier molecular flexibility index (Phi) is 6.27. The second kappa shape index (κ2) is 8.07. The molecule has 0 bridgehead atoms. The number of carbonyl (C=O) groups is 2. The predicted molar refractivity (Wildman–Crippen MR) is 102 cm³/mol. The van der Waals surface area contributed by atoms with Crippen molar-refractivity contribution in [2.24, 2.45) is 17.3 Å². The lowest BCUT2D eigenvalue weighted by molar-refractivity contribution is -0.132. The first kappa shape index (κ1) is 20.2. The van der Waals surface area contributed by atoms with Crippen molar-refractivity contribution < 1.29 is 19.8 Å². The molecule has 1 saturated carbocycles. The zero-order valence-electron chi connectivity index (χ0n) is 16.2. The van der Waals surface area contributed by atoms with E-state index in [-0.39, 0.29) is 22.6 Å². The van der Waals surface area contributed by atoms with Crippen LogP contribution in [-0.2, 0) is 11.2 Å². The highest BCUT2D eigenvalue weighted by Gasteiger charge is 2.42. The number of phenols is 1. The van der Waals surface area contributed by atoms with Gasteiger partial charge in [-0.15, -0.1) is 0 Å². The molecule has 3 atom stereocenters. The zero-order valence-corrected chi connectivity index (χ0v) is 16.2. The van der Waals surface area contributed by atoms with Crippen LogP contribution in [0.5, 0.6) is 5.75 Å². The molecule has 1 aliphatic rings. The van der Waals surface area contributed by atoms with Crippen molar-refractivity contribution in [3.05, 3.63) is 41.0 Å². The van der Waals surface area contributed by atoms with Gasteiger partial charge in [-0.25, -0.2) is 4.79 Å². The predicted octanol–water partition coefficient (Wildman–Crippen LogP) is 5.00. The lowest BCUT2D eigenvalue weighted by Crippen LogP contribution is -2.41. The molecule has 4 heteroatoms. The van der Waals surface area contributed by atoms with Crippen molar-refractivity contribution in [1.29, 1.82) is 0 Å². The number of aromatic carboxylic acids is 1. The lowest BCUT2D eigenvalue weighted by Gasteiger charge is -2.44. The molecular weight excluding hydrogens is 328 g/mol. The summed E-state index contributed by atoms with van der Waals surface area (Å²) in [6.07, 6.45) is 6.08. The number of hydrogen-bond donors (Lipinski definition) is 2. The first-order valence-electron chi connectivity index (χ1n) is 9.38. The van der Waals surface area contributed by atoms with Gasteiger partial charge in [-0.1, -0.05) is 32.4 Å². The van der Waals surface area contributed by atoms with Gasteiger partial charge in [-0.2, -0.15) is 0 Å². The normalized spacial score (nSPS) is 26.8. The monoisotopic (exact) mass is 358 g/mol. The molecule has 0 spiro atoms. The highest BCUT2D eigenvalue weighted by molar-refractivity contribution is 5.88. The zero-order chi connectivity index (χ0) is 19.5. The summed E-state index contributed by atoms with van der Waals surface area (Å²) in [5.74, 6) is 0.119. The van der Waals surface area contributed by atoms with Crippen LogP contribution in [0.1, 0.15) is 69.3 Å². The molecule has 0 saturated heterocycles. The summed E-state index contributed by atoms with van der Waals surface area (Å²) in [6.45, 7) is 8.60. The van der Waals surface area contributed by atoms with Crippen LogP contribution in [0.15, 0.2) is 29.8 Å². The van der Waals surface area contributed by atoms with Crippen molar-refractivity contribution in [3.63, 3.8) is 0 Å². The van der Waals surface area contributed by atoms with E-state index in [1.165, 1.54) is 23.8 Å². The molecule has 2 rings (SSSR count). The number of allylic oxidation sites excluding steroid dienone is 2. The summed E-state index contributed by atoms with van der Waals surface area (Å²) in [6, 6.07) is 4.36. The quantitative estimate of drug-likeness (QED) is 0.702. The Morgan fingerprint density at radius 3 is 2.69 bits per heavy atom. The third-order valence-electron chi connectivity index (χ3n) is 6.48. The van der Waals surface area contributed by atoms with E-state index in [0.717, 1.165) is 19.3 Å². The molecule has 1 fully saturated rings. The molecule has 0 heterocycles. The Balaban J connectivity index is 2.04. The molecule has 1 aliphatic carbocycles. The number of phenolic OH excluding ortho intramolecular Hbond substituents is 1. The Morgan fingerprint density at radius 1 is 1.35 bits per heavy atom. The lowest BCUT2D eigenvalue weighted by atomic mass is 9.59. The summed E-state index contributed by atoms with van der Waals surface area (Å²) in [7, 11) is 0. The van der Waals surface area contributed by atoms with E-state index >= 15 is 0 Å². The van der Waals surface area contributed by atoms with Gasteiger partial charge in [0.25, 0.3) is 0 Å². The van der Waals surface area contributed by atoms with E-state index in [9.17, 15) is 14.7 Å². The highest BCUT2D eigenvalue weighted by atomic mass is 16.4. The number of Topliss-reactive ketones (excluding diaryl/α,β-unsaturated/α-hetero) is 1. The first-order valence-corrected chi connectivity index (χ1v) is 9.38. The van der Waals surface area contributed by atoms with Gasteiger partial charge in [0.05, 0.1) is 5.56 Å². The number of benzene rings is 1. The van der Waals surface area contributed by atoms with Crippen molar-refractivity contribution in [2.45, 2.75) is 59.8 Å². The van der Waals surface area contributed by atoms with Crippen molar-refractivity contribution >= 4 is 11.8 Å².